The summed E-state index contributed by atoms with van der Waals surface area (Å²) >= 11 is 3.30. The Morgan fingerprint density at radius 1 is 1.20 bits per heavy atom. The number of thioether (sulfide) groups is 1. The first-order valence-electron chi connectivity index (χ1n) is 10.2. The molecule has 3 rings (SSSR count). The Morgan fingerprint density at radius 2 is 2.00 bits per heavy atom. The number of carbonyl (C=O) groups excluding carboxylic acids is 1. The fraction of sp³-hybridized carbons (Fsp3) is 0.391. The van der Waals surface area contributed by atoms with Gasteiger partial charge in [0.1, 0.15) is 10.8 Å². The Morgan fingerprint density at radius 3 is 2.73 bits per heavy atom. The second-order valence-corrected chi connectivity index (χ2v) is 8.99. The van der Waals surface area contributed by atoms with Gasteiger partial charge in [0.25, 0.3) is 0 Å². The molecule has 1 atom stereocenters. The minimum absolute atomic E-state index is 0.0566. The monoisotopic (exact) mass is 443 g/mol. The molecule has 1 N–H and O–H groups in total. The van der Waals surface area contributed by atoms with Crippen LogP contribution < -0.4 is 10.1 Å². The molecule has 1 heterocycles. The summed E-state index contributed by atoms with van der Waals surface area (Å²) in [5.74, 6) is 2.07. The van der Waals surface area contributed by atoms with E-state index in [1.807, 2.05) is 30.3 Å². The molecule has 2 aromatic carbocycles. The van der Waals surface area contributed by atoms with Gasteiger partial charge in [0.15, 0.2) is 0 Å². The van der Waals surface area contributed by atoms with Gasteiger partial charge in [0.05, 0.1) is 29.1 Å². The zero-order valence-corrected chi connectivity index (χ0v) is 19.4. The number of fused-ring (bicyclic) bond motifs is 1. The van der Waals surface area contributed by atoms with E-state index in [2.05, 4.69) is 47.2 Å². The van der Waals surface area contributed by atoms with Gasteiger partial charge in [-0.15, -0.1) is 23.1 Å². The van der Waals surface area contributed by atoms with E-state index in [1.165, 1.54) is 4.70 Å². The van der Waals surface area contributed by atoms with E-state index in [4.69, 9.17) is 4.74 Å². The van der Waals surface area contributed by atoms with Crippen LogP contribution in [0.4, 0.5) is 0 Å². The summed E-state index contributed by atoms with van der Waals surface area (Å²) in [6, 6.07) is 16.4. The van der Waals surface area contributed by atoms with E-state index in [0.29, 0.717) is 12.3 Å². The van der Waals surface area contributed by atoms with E-state index in [1.54, 1.807) is 30.2 Å². The van der Waals surface area contributed by atoms with Crippen LogP contribution in [0.1, 0.15) is 30.5 Å². The van der Waals surface area contributed by atoms with Gasteiger partial charge in [-0.3, -0.25) is 9.69 Å². The molecule has 0 spiro atoms. The van der Waals surface area contributed by atoms with E-state index in [-0.39, 0.29) is 11.9 Å². The molecule has 0 fully saturated rings. The van der Waals surface area contributed by atoms with Crippen LogP contribution in [-0.4, -0.2) is 48.3 Å². The van der Waals surface area contributed by atoms with Crippen LogP contribution in [0.25, 0.3) is 10.2 Å². The molecule has 0 aliphatic carbocycles. The third-order valence-corrected chi connectivity index (χ3v) is 7.18. The minimum Gasteiger partial charge on any atom is -0.497 e. The van der Waals surface area contributed by atoms with Crippen molar-refractivity contribution in [2.24, 2.45) is 0 Å². The molecule has 30 heavy (non-hydrogen) atoms. The molecule has 0 saturated carbocycles. The third kappa shape index (κ3) is 5.97. The first kappa shape index (κ1) is 22.6. The lowest BCUT2D eigenvalue weighted by molar-refractivity contribution is -0.118. The van der Waals surface area contributed by atoms with Crippen LogP contribution in [0.3, 0.4) is 0 Å². The quantitative estimate of drug-likeness (QED) is 0.464. The molecule has 3 aromatic rings. The van der Waals surface area contributed by atoms with Crippen LogP contribution in [0.5, 0.6) is 5.75 Å². The first-order chi connectivity index (χ1) is 14.6. The molecule has 0 saturated heterocycles. The summed E-state index contributed by atoms with van der Waals surface area (Å²) in [6.45, 7) is 6.70. The van der Waals surface area contributed by atoms with E-state index in [0.717, 1.165) is 40.7 Å². The van der Waals surface area contributed by atoms with Crippen molar-refractivity contribution >= 4 is 39.2 Å². The number of ether oxygens (including phenoxy) is 1. The molecule has 1 aromatic heterocycles. The Kier molecular flexibility index (Phi) is 8.54. The first-order valence-corrected chi connectivity index (χ1v) is 12.2. The van der Waals surface area contributed by atoms with Crippen LogP contribution in [0.2, 0.25) is 0 Å². The second kappa shape index (κ2) is 11.3. The van der Waals surface area contributed by atoms with Gasteiger partial charge < -0.3 is 10.1 Å². The molecular formula is C23H29N3O2S2. The number of carbonyl (C=O) groups is 1. The number of likely N-dealkylation sites (N-methyl/N-ethyl adjacent to an activating group) is 1. The number of para-hydroxylation sites is 1. The topological polar surface area (TPSA) is 54.5 Å². The summed E-state index contributed by atoms with van der Waals surface area (Å²) in [4.78, 5) is 19.5. The molecule has 5 nitrogen and oxygen atoms in total. The van der Waals surface area contributed by atoms with E-state index < -0.39 is 0 Å². The number of nitrogens with one attached hydrogen (secondary N) is 1. The average molecular weight is 444 g/mol. The van der Waals surface area contributed by atoms with Gasteiger partial charge in [-0.1, -0.05) is 38.1 Å². The number of benzene rings is 2. The van der Waals surface area contributed by atoms with Crippen LogP contribution in [-0.2, 0) is 10.5 Å². The molecule has 0 radical (unpaired) electrons. The Hall–Kier alpha value is -2.09. The van der Waals surface area contributed by atoms with Crippen molar-refractivity contribution in [2.75, 3.05) is 32.5 Å². The fourth-order valence-corrected chi connectivity index (χ4v) is 5.32. The van der Waals surface area contributed by atoms with Crippen LogP contribution in [0, 0.1) is 0 Å². The number of amides is 1. The number of hydrogen-bond acceptors (Lipinski definition) is 6. The predicted octanol–water partition coefficient (Wildman–Crippen LogP) is 4.74. The van der Waals surface area contributed by atoms with Gasteiger partial charge in [0.2, 0.25) is 5.91 Å². The third-order valence-electron chi connectivity index (χ3n) is 5.02. The Bertz CT molecular complexity index is 923. The largest absolute Gasteiger partial charge is 0.497 e. The number of thiazole rings is 1. The summed E-state index contributed by atoms with van der Waals surface area (Å²) in [5.41, 5.74) is 2.18. The standard InChI is InChI=1S/C23H29N3O2S2/c1-4-26(5-2)20(17-9-8-10-18(13-17)28-3)14-24-22(27)15-29-16-23-25-19-11-6-7-12-21(19)30-23/h6-13,20H,4-5,14-16H2,1-3H3,(H,24,27). The van der Waals surface area contributed by atoms with E-state index in [9.17, 15) is 4.79 Å². The van der Waals surface area contributed by atoms with Gasteiger partial charge in [-0.05, 0) is 42.9 Å². The molecule has 0 bridgehead atoms. The zero-order valence-electron chi connectivity index (χ0n) is 17.8. The Balaban J connectivity index is 1.54. The minimum atomic E-state index is 0.0566. The van der Waals surface area contributed by atoms with Crippen LogP contribution in [0.15, 0.2) is 48.5 Å². The van der Waals surface area contributed by atoms with Crippen LogP contribution >= 0.6 is 23.1 Å². The predicted molar refractivity (Wildman–Crippen MR) is 127 cm³/mol. The number of rotatable bonds is 11. The highest BCUT2D eigenvalue weighted by Crippen LogP contribution is 2.25. The maximum absolute atomic E-state index is 12.5. The van der Waals surface area contributed by atoms with Gasteiger partial charge in [0, 0.05) is 12.3 Å². The zero-order chi connectivity index (χ0) is 21.3. The number of aromatic nitrogens is 1. The summed E-state index contributed by atoms with van der Waals surface area (Å²) in [5, 5.41) is 4.18. The SMILES string of the molecule is CCN(CC)C(CNC(=O)CSCc1nc2ccccc2s1)c1cccc(OC)c1. The van der Waals surface area contributed by atoms with Gasteiger partial charge in [-0.2, -0.15) is 0 Å². The number of nitrogens with zero attached hydrogens (tertiary/aromatic N) is 2. The summed E-state index contributed by atoms with van der Waals surface area (Å²) in [6.07, 6.45) is 0. The molecule has 7 heteroatoms. The normalized spacial score (nSPS) is 12.3. The maximum atomic E-state index is 12.5. The van der Waals surface area contributed by atoms with Gasteiger partial charge >= 0.3 is 0 Å². The van der Waals surface area contributed by atoms with Crippen molar-refractivity contribution in [1.29, 1.82) is 0 Å². The lowest BCUT2D eigenvalue weighted by Crippen LogP contribution is -2.38. The average Bonchev–Trinajstić information content (AvgIpc) is 3.19. The summed E-state index contributed by atoms with van der Waals surface area (Å²) in [7, 11) is 1.68. The number of methoxy groups -OCH3 is 1. The number of hydrogen-bond donors (Lipinski definition) is 1. The lowest BCUT2D eigenvalue weighted by Gasteiger charge is -2.30. The molecule has 1 unspecified atom stereocenters. The van der Waals surface area contributed by atoms with Crippen molar-refractivity contribution in [3.05, 3.63) is 59.1 Å². The molecule has 1 amide bonds. The van der Waals surface area contributed by atoms with Gasteiger partial charge in [-0.25, -0.2) is 4.98 Å². The Labute approximate surface area is 186 Å². The van der Waals surface area contributed by atoms with Crippen molar-refractivity contribution in [2.45, 2.75) is 25.6 Å². The highest BCUT2D eigenvalue weighted by atomic mass is 32.2. The molecule has 160 valence electrons. The fourth-order valence-electron chi connectivity index (χ4n) is 3.45. The second-order valence-electron chi connectivity index (χ2n) is 6.89. The maximum Gasteiger partial charge on any atom is 0.230 e. The molecule has 0 aliphatic heterocycles. The van der Waals surface area contributed by atoms with E-state index >= 15 is 0 Å². The lowest BCUT2D eigenvalue weighted by atomic mass is 10.0. The highest BCUT2D eigenvalue weighted by Gasteiger charge is 2.19. The molecular weight excluding hydrogens is 414 g/mol. The highest BCUT2D eigenvalue weighted by molar-refractivity contribution is 7.99. The van der Waals surface area contributed by atoms with Crippen molar-refractivity contribution in [3.8, 4) is 5.75 Å². The van der Waals surface area contributed by atoms with Crippen molar-refractivity contribution < 1.29 is 9.53 Å². The van der Waals surface area contributed by atoms with Crippen molar-refractivity contribution in [3.63, 3.8) is 0 Å². The van der Waals surface area contributed by atoms with Crippen molar-refractivity contribution in [1.82, 2.24) is 15.2 Å². The smallest absolute Gasteiger partial charge is 0.230 e. The molecule has 0 aliphatic rings. The summed E-state index contributed by atoms with van der Waals surface area (Å²) < 4.78 is 6.57.